The third kappa shape index (κ3) is 6.40. The van der Waals surface area contributed by atoms with Crippen LogP contribution in [0.3, 0.4) is 0 Å². The van der Waals surface area contributed by atoms with Gasteiger partial charge in [0.15, 0.2) is 11.5 Å². The van der Waals surface area contributed by atoms with Gasteiger partial charge in [0.1, 0.15) is 0 Å². The first-order valence-corrected chi connectivity index (χ1v) is 10.5. The Labute approximate surface area is 177 Å². The number of nitrogens with two attached hydrogens (primary N) is 2. The predicted molar refractivity (Wildman–Crippen MR) is 120 cm³/mol. The van der Waals surface area contributed by atoms with Crippen LogP contribution < -0.4 is 16.8 Å². The van der Waals surface area contributed by atoms with E-state index in [1.165, 1.54) is 62.7 Å². The molecule has 0 saturated heterocycles. The minimum Gasteiger partial charge on any atom is -0.403 e. The molecule has 1 heterocycles. The van der Waals surface area contributed by atoms with Gasteiger partial charge in [0.2, 0.25) is 0 Å². The smallest absolute Gasteiger partial charge is 0.278 e. The first kappa shape index (κ1) is 21.5. The summed E-state index contributed by atoms with van der Waals surface area (Å²) >= 11 is 0. The summed E-state index contributed by atoms with van der Waals surface area (Å²) < 4.78 is 0. The molecule has 30 heavy (non-hydrogen) atoms. The predicted octanol–water partition coefficient (Wildman–Crippen LogP) is 3.37. The van der Waals surface area contributed by atoms with Crippen LogP contribution in [0.5, 0.6) is 0 Å². The number of hydrogen-bond acceptors (Lipinski definition) is 6. The minimum atomic E-state index is -0.478. The van der Waals surface area contributed by atoms with Crippen LogP contribution in [0.25, 0.3) is 0 Å². The molecule has 0 bridgehead atoms. The second-order valence-electron chi connectivity index (χ2n) is 7.70. The van der Waals surface area contributed by atoms with E-state index in [1.54, 1.807) is 6.21 Å². The molecular weight excluding hydrogens is 376 g/mol. The van der Waals surface area contributed by atoms with Crippen molar-refractivity contribution in [3.63, 3.8) is 0 Å². The van der Waals surface area contributed by atoms with Crippen LogP contribution in [0, 0.1) is 5.92 Å². The molecule has 1 amide bonds. The Kier molecular flexibility index (Phi) is 7.94. The molecule has 1 aromatic carbocycles. The summed E-state index contributed by atoms with van der Waals surface area (Å²) in [6.45, 7) is 0.512. The zero-order valence-electron chi connectivity index (χ0n) is 17.3. The maximum absolute atomic E-state index is 12.3. The van der Waals surface area contributed by atoms with E-state index in [1.807, 2.05) is 0 Å². The maximum atomic E-state index is 12.3. The number of carbonyl (C=O) groups is 1. The molecule has 2 aromatic rings. The van der Waals surface area contributed by atoms with Crippen molar-refractivity contribution in [2.24, 2.45) is 16.6 Å². The van der Waals surface area contributed by atoms with Crippen LogP contribution >= 0.6 is 0 Å². The van der Waals surface area contributed by atoms with Gasteiger partial charge in [0.25, 0.3) is 5.91 Å². The van der Waals surface area contributed by atoms with Crippen molar-refractivity contribution in [2.75, 3.05) is 5.73 Å². The maximum Gasteiger partial charge on any atom is 0.278 e. The van der Waals surface area contributed by atoms with E-state index in [9.17, 15) is 4.79 Å². The summed E-state index contributed by atoms with van der Waals surface area (Å²) in [5.74, 6) is 0.464. The number of nitrogens with zero attached hydrogens (tertiary/aromatic N) is 3. The number of hydrogen-bond donors (Lipinski definition) is 3. The molecule has 5 N–H and O–H groups in total. The number of aliphatic imine (C=N–C) groups is 1. The van der Waals surface area contributed by atoms with Crippen LogP contribution in [0.15, 0.2) is 53.5 Å². The van der Waals surface area contributed by atoms with E-state index in [4.69, 9.17) is 11.5 Å². The van der Waals surface area contributed by atoms with E-state index in [0.717, 1.165) is 17.9 Å². The summed E-state index contributed by atoms with van der Waals surface area (Å²) in [5, 5.41) is 2.64. The second-order valence-corrected chi connectivity index (χ2v) is 7.70. The lowest BCUT2D eigenvalue weighted by Gasteiger charge is -2.21. The Bertz CT molecular complexity index is 902. The third-order valence-electron chi connectivity index (χ3n) is 5.44. The average Bonchev–Trinajstić information content (AvgIpc) is 2.78. The summed E-state index contributed by atoms with van der Waals surface area (Å²) in [5.41, 5.74) is 14.2. The summed E-state index contributed by atoms with van der Waals surface area (Å²) in [6.07, 6.45) is 15.0. The molecule has 1 aliphatic carbocycles. The lowest BCUT2D eigenvalue weighted by Crippen LogP contribution is -2.26. The molecular formula is C23H30N6O. The van der Waals surface area contributed by atoms with E-state index in [2.05, 4.69) is 44.5 Å². The number of benzene rings is 1. The second kappa shape index (κ2) is 11.1. The van der Waals surface area contributed by atoms with Gasteiger partial charge in [-0.05, 0) is 29.9 Å². The lowest BCUT2D eigenvalue weighted by molar-refractivity contribution is 0.0963. The average molecular weight is 407 g/mol. The number of rotatable bonds is 8. The van der Waals surface area contributed by atoms with Gasteiger partial charge in [-0.2, -0.15) is 0 Å². The van der Waals surface area contributed by atoms with Gasteiger partial charge in [-0.3, -0.25) is 9.79 Å². The van der Waals surface area contributed by atoms with Crippen LogP contribution in [0.4, 0.5) is 5.82 Å². The standard InChI is InChI=1S/C23H30N6O/c24-14-20(29-23(30)21-22(25)28-12-11-27-21)16-26-15-19-8-4-7-18(13-19)10-9-17-5-2-1-3-6-17/h4,7-8,11-14,16-17H,1-3,5-6,9-10,15,24H2,(H2,25,28)(H,29,30)/b20-14+,26-16?. The molecule has 1 aromatic heterocycles. The Morgan fingerprint density at radius 1 is 1.17 bits per heavy atom. The zero-order chi connectivity index (χ0) is 21.2. The van der Waals surface area contributed by atoms with Crippen LogP contribution in [0.2, 0.25) is 0 Å². The van der Waals surface area contributed by atoms with E-state index >= 15 is 0 Å². The molecule has 0 spiro atoms. The number of nitrogens with one attached hydrogen (secondary N) is 1. The fraction of sp³-hybridized carbons (Fsp3) is 0.391. The molecule has 7 nitrogen and oxygen atoms in total. The summed E-state index contributed by atoms with van der Waals surface area (Å²) in [4.78, 5) is 24.5. The number of anilines is 1. The highest BCUT2D eigenvalue weighted by molar-refractivity contribution is 6.00. The molecule has 1 aliphatic rings. The normalized spacial score (nSPS) is 15.4. The van der Waals surface area contributed by atoms with Gasteiger partial charge < -0.3 is 16.8 Å². The van der Waals surface area contributed by atoms with Gasteiger partial charge in [0, 0.05) is 24.8 Å². The van der Waals surface area contributed by atoms with Gasteiger partial charge in [0.05, 0.1) is 12.2 Å². The van der Waals surface area contributed by atoms with E-state index in [0.29, 0.717) is 12.2 Å². The Morgan fingerprint density at radius 3 is 2.70 bits per heavy atom. The Balaban J connectivity index is 1.52. The zero-order valence-corrected chi connectivity index (χ0v) is 17.3. The fourth-order valence-electron chi connectivity index (χ4n) is 3.81. The van der Waals surface area contributed by atoms with Crippen molar-refractivity contribution >= 4 is 17.9 Å². The highest BCUT2D eigenvalue weighted by Crippen LogP contribution is 2.27. The first-order chi connectivity index (χ1) is 14.7. The molecule has 1 saturated carbocycles. The topological polar surface area (TPSA) is 119 Å². The van der Waals surface area contributed by atoms with Crippen molar-refractivity contribution < 1.29 is 4.79 Å². The van der Waals surface area contributed by atoms with Gasteiger partial charge in [-0.15, -0.1) is 0 Å². The molecule has 0 unspecified atom stereocenters. The highest BCUT2D eigenvalue weighted by Gasteiger charge is 2.14. The third-order valence-corrected chi connectivity index (χ3v) is 5.44. The van der Waals surface area contributed by atoms with Crippen molar-refractivity contribution in [3.8, 4) is 0 Å². The van der Waals surface area contributed by atoms with Crippen molar-refractivity contribution in [2.45, 2.75) is 51.5 Å². The van der Waals surface area contributed by atoms with E-state index < -0.39 is 5.91 Å². The summed E-state index contributed by atoms with van der Waals surface area (Å²) in [6, 6.07) is 8.54. The monoisotopic (exact) mass is 406 g/mol. The van der Waals surface area contributed by atoms with Crippen LogP contribution in [-0.2, 0) is 13.0 Å². The first-order valence-electron chi connectivity index (χ1n) is 10.5. The molecule has 0 aliphatic heterocycles. The number of amides is 1. The Morgan fingerprint density at radius 2 is 1.93 bits per heavy atom. The van der Waals surface area contributed by atoms with Crippen molar-refractivity contribution in [1.29, 1.82) is 0 Å². The molecule has 1 fully saturated rings. The molecule has 0 atom stereocenters. The number of allylic oxidation sites excluding steroid dienone is 1. The quantitative estimate of drug-likeness (QED) is 0.581. The van der Waals surface area contributed by atoms with E-state index in [-0.39, 0.29) is 11.5 Å². The van der Waals surface area contributed by atoms with Gasteiger partial charge in [-0.1, -0.05) is 56.4 Å². The molecule has 0 radical (unpaired) electrons. The molecule has 3 rings (SSSR count). The molecule has 7 heteroatoms. The van der Waals surface area contributed by atoms with Crippen molar-refractivity contribution in [3.05, 3.63) is 65.4 Å². The van der Waals surface area contributed by atoms with Gasteiger partial charge >= 0.3 is 0 Å². The number of carbonyl (C=O) groups excluding carboxylic acids is 1. The number of aromatic nitrogens is 2. The van der Waals surface area contributed by atoms with Crippen molar-refractivity contribution in [1.82, 2.24) is 15.3 Å². The SMILES string of the molecule is N/C=C(\C=NCc1cccc(CCC2CCCCC2)c1)NC(=O)c1nccnc1N. The Hall–Kier alpha value is -3.22. The number of aryl methyl sites for hydroxylation is 1. The van der Waals surface area contributed by atoms with Gasteiger partial charge in [-0.25, -0.2) is 9.97 Å². The lowest BCUT2D eigenvalue weighted by atomic mass is 9.85. The number of nitrogen functional groups attached to an aromatic ring is 1. The minimum absolute atomic E-state index is 0.0518. The van der Waals surface area contributed by atoms with Crippen LogP contribution in [-0.4, -0.2) is 22.1 Å². The summed E-state index contributed by atoms with van der Waals surface area (Å²) in [7, 11) is 0. The molecule has 158 valence electrons. The highest BCUT2D eigenvalue weighted by atomic mass is 16.1. The largest absolute Gasteiger partial charge is 0.403 e. The van der Waals surface area contributed by atoms with Crippen LogP contribution in [0.1, 0.15) is 60.1 Å². The fourth-order valence-corrected chi connectivity index (χ4v) is 3.81.